The van der Waals surface area contributed by atoms with E-state index < -0.39 is 21.8 Å². The van der Waals surface area contributed by atoms with E-state index in [1.165, 1.54) is 12.1 Å². The highest BCUT2D eigenvalue weighted by atomic mass is 35.5. The molecule has 4 aromatic carbocycles. The summed E-state index contributed by atoms with van der Waals surface area (Å²) < 4.78 is 38.9. The first-order chi connectivity index (χ1) is 18.5. The molecule has 9 nitrogen and oxygen atoms in total. The maximum Gasteiger partial charge on any atom is 0.294 e. The van der Waals surface area contributed by atoms with Gasteiger partial charge in [-0.3, -0.25) is 9.35 Å². The maximum absolute atomic E-state index is 13.3. The number of phenols is 1. The summed E-state index contributed by atoms with van der Waals surface area (Å²) in [7, 11) is -4.58. The summed E-state index contributed by atoms with van der Waals surface area (Å²) in [6, 6.07) is 15.8. The zero-order valence-electron chi connectivity index (χ0n) is 20.8. The molecular formula is C27H23Cl2N3O6S. The monoisotopic (exact) mass is 587 g/mol. The predicted molar refractivity (Wildman–Crippen MR) is 151 cm³/mol. The molecule has 0 saturated heterocycles. The Morgan fingerprint density at radius 1 is 1.03 bits per heavy atom. The molecule has 0 atom stereocenters. The number of amides is 1. The smallest absolute Gasteiger partial charge is 0.294 e. The summed E-state index contributed by atoms with van der Waals surface area (Å²) in [5.74, 6) is -0.607. The van der Waals surface area contributed by atoms with Gasteiger partial charge < -0.3 is 15.2 Å². The molecule has 4 aromatic rings. The lowest BCUT2D eigenvalue weighted by atomic mass is 10.0. The number of azo groups is 1. The molecule has 0 aliphatic heterocycles. The van der Waals surface area contributed by atoms with Crippen LogP contribution in [0.3, 0.4) is 0 Å². The number of hydrogen-bond donors (Lipinski definition) is 3. The second-order valence-corrected chi connectivity index (χ2v) is 10.5. The van der Waals surface area contributed by atoms with Crippen molar-refractivity contribution in [2.75, 3.05) is 11.9 Å². The molecule has 3 N–H and O–H groups in total. The van der Waals surface area contributed by atoms with Crippen molar-refractivity contribution >= 4 is 67.1 Å². The van der Waals surface area contributed by atoms with Crippen LogP contribution in [-0.4, -0.2) is 30.6 Å². The minimum Gasteiger partial charge on any atom is -0.505 e. The van der Waals surface area contributed by atoms with Crippen molar-refractivity contribution in [1.82, 2.24) is 0 Å². The Morgan fingerprint density at radius 2 is 1.77 bits per heavy atom. The summed E-state index contributed by atoms with van der Waals surface area (Å²) in [6.45, 7) is 3.93. The van der Waals surface area contributed by atoms with Crippen molar-refractivity contribution in [1.29, 1.82) is 0 Å². The number of fused-ring (bicyclic) bond motifs is 1. The summed E-state index contributed by atoms with van der Waals surface area (Å²) in [4.78, 5) is 12.9. The van der Waals surface area contributed by atoms with Crippen LogP contribution in [0.4, 0.5) is 17.1 Å². The number of aromatic hydroxyl groups is 1. The van der Waals surface area contributed by atoms with E-state index in [-0.39, 0.29) is 49.6 Å². The van der Waals surface area contributed by atoms with E-state index in [1.54, 1.807) is 49.4 Å². The van der Waals surface area contributed by atoms with Crippen LogP contribution in [-0.2, 0) is 16.5 Å². The van der Waals surface area contributed by atoms with Gasteiger partial charge in [-0.2, -0.15) is 13.5 Å². The number of nitrogens with zero attached hydrogens (tertiary/aromatic N) is 2. The number of rotatable bonds is 8. The fourth-order valence-corrected chi connectivity index (χ4v) is 5.29. The Kier molecular flexibility index (Phi) is 8.41. The molecule has 12 heteroatoms. The van der Waals surface area contributed by atoms with Crippen LogP contribution >= 0.6 is 23.2 Å². The van der Waals surface area contributed by atoms with E-state index in [2.05, 4.69) is 15.5 Å². The van der Waals surface area contributed by atoms with E-state index in [1.807, 2.05) is 6.92 Å². The summed E-state index contributed by atoms with van der Waals surface area (Å²) in [6.07, 6.45) is 0.192. The molecule has 0 aliphatic rings. The number of anilines is 1. The highest BCUT2D eigenvalue weighted by molar-refractivity contribution is 7.85. The van der Waals surface area contributed by atoms with Crippen LogP contribution in [0.15, 0.2) is 75.8 Å². The van der Waals surface area contributed by atoms with Gasteiger partial charge in [0, 0.05) is 22.0 Å². The van der Waals surface area contributed by atoms with E-state index >= 15 is 0 Å². The Labute approximate surface area is 234 Å². The van der Waals surface area contributed by atoms with Crippen LogP contribution < -0.4 is 10.1 Å². The molecule has 0 aliphatic carbocycles. The average molecular weight is 588 g/mol. The number of halogens is 2. The summed E-state index contributed by atoms with van der Waals surface area (Å²) >= 11 is 12.3. The van der Waals surface area contributed by atoms with Crippen molar-refractivity contribution in [2.45, 2.75) is 25.2 Å². The number of hydrogen-bond acceptors (Lipinski definition) is 7. The van der Waals surface area contributed by atoms with Crippen molar-refractivity contribution in [3.63, 3.8) is 0 Å². The summed E-state index contributed by atoms with van der Waals surface area (Å²) in [5.41, 5.74) is 0.430. The van der Waals surface area contributed by atoms with Gasteiger partial charge in [0.25, 0.3) is 16.0 Å². The number of phenolic OH excluding ortho intramolecular Hbond substituents is 1. The molecule has 0 spiro atoms. The van der Waals surface area contributed by atoms with Crippen LogP contribution in [0.2, 0.25) is 10.0 Å². The lowest BCUT2D eigenvalue weighted by Gasteiger charge is -2.13. The number of ether oxygens (including phenoxy) is 1. The van der Waals surface area contributed by atoms with E-state index in [0.29, 0.717) is 23.1 Å². The highest BCUT2D eigenvalue weighted by Crippen LogP contribution is 2.41. The van der Waals surface area contributed by atoms with Crippen LogP contribution in [0, 0.1) is 0 Å². The van der Waals surface area contributed by atoms with Crippen molar-refractivity contribution in [3.05, 3.63) is 81.8 Å². The van der Waals surface area contributed by atoms with Gasteiger partial charge >= 0.3 is 0 Å². The second kappa shape index (κ2) is 11.6. The fourth-order valence-electron chi connectivity index (χ4n) is 4.01. The molecule has 39 heavy (non-hydrogen) atoms. The third-order valence-electron chi connectivity index (χ3n) is 5.78. The molecule has 0 bridgehead atoms. The van der Waals surface area contributed by atoms with Crippen LogP contribution in [0.1, 0.15) is 29.8 Å². The summed E-state index contributed by atoms with van der Waals surface area (Å²) in [5, 5.41) is 23.6. The van der Waals surface area contributed by atoms with Gasteiger partial charge in [0.15, 0.2) is 5.75 Å². The Hall–Kier alpha value is -3.70. The first-order valence-electron chi connectivity index (χ1n) is 11.7. The average Bonchev–Trinajstić information content (AvgIpc) is 2.89. The Balaban J connectivity index is 1.82. The molecule has 4 rings (SSSR count). The SMILES string of the molecule is CCOc1ccc(Cl)c(NC(=O)c2cc3ccccc3c(N=Nc3cc(Cl)cc(S(=O)(=O)O)c3CC)c2O)c1. The normalized spacial score (nSPS) is 11.7. The fraction of sp³-hybridized carbons (Fsp3) is 0.148. The number of carbonyl (C=O) groups is 1. The van der Waals surface area contributed by atoms with E-state index in [0.717, 1.165) is 6.07 Å². The first-order valence-corrected chi connectivity index (χ1v) is 13.9. The minimum absolute atomic E-state index is 0.0159. The standard InChI is InChI=1S/C27H23Cl2N3O6S/c1-3-18-22(12-16(28)13-24(18)39(35,36)37)31-32-25-19-8-6-5-7-15(19)11-20(26(25)33)27(34)30-23-14-17(38-4-2)9-10-21(23)29/h5-14,33H,3-4H2,1-2H3,(H,30,34)(H,35,36,37). The molecule has 0 radical (unpaired) electrons. The lowest BCUT2D eigenvalue weighted by Crippen LogP contribution is -2.12. The third kappa shape index (κ3) is 6.15. The molecule has 0 unspecified atom stereocenters. The minimum atomic E-state index is -4.58. The van der Waals surface area contributed by atoms with Gasteiger partial charge in [-0.1, -0.05) is 54.4 Å². The largest absolute Gasteiger partial charge is 0.505 e. The molecule has 0 saturated carbocycles. The topological polar surface area (TPSA) is 138 Å². The van der Waals surface area contributed by atoms with Gasteiger partial charge in [-0.15, -0.1) is 5.11 Å². The molecular weight excluding hydrogens is 565 g/mol. The number of nitrogens with one attached hydrogen (secondary N) is 1. The lowest BCUT2D eigenvalue weighted by molar-refractivity contribution is 0.102. The van der Waals surface area contributed by atoms with Crippen molar-refractivity contribution in [3.8, 4) is 11.5 Å². The van der Waals surface area contributed by atoms with E-state index in [4.69, 9.17) is 27.9 Å². The quantitative estimate of drug-likeness (QED) is 0.142. The predicted octanol–water partition coefficient (Wildman–Crippen LogP) is 7.73. The zero-order chi connectivity index (χ0) is 28.3. The Morgan fingerprint density at radius 3 is 2.46 bits per heavy atom. The molecule has 202 valence electrons. The first kappa shape index (κ1) is 28.3. The molecule has 0 aromatic heterocycles. The van der Waals surface area contributed by atoms with Gasteiger partial charge in [-0.05, 0) is 49.1 Å². The zero-order valence-corrected chi connectivity index (χ0v) is 23.1. The van der Waals surface area contributed by atoms with E-state index in [9.17, 15) is 22.9 Å². The Bertz CT molecular complexity index is 1720. The molecule has 0 fully saturated rings. The van der Waals surface area contributed by atoms with Gasteiger partial charge in [0.05, 0.1) is 28.6 Å². The second-order valence-electron chi connectivity index (χ2n) is 8.30. The van der Waals surface area contributed by atoms with Gasteiger partial charge in [-0.25, -0.2) is 0 Å². The van der Waals surface area contributed by atoms with Crippen molar-refractivity contribution in [2.24, 2.45) is 10.2 Å². The third-order valence-corrected chi connectivity index (χ3v) is 7.24. The highest BCUT2D eigenvalue weighted by Gasteiger charge is 2.21. The molecule has 0 heterocycles. The number of benzene rings is 4. The number of carbonyl (C=O) groups excluding carboxylic acids is 1. The maximum atomic E-state index is 13.3. The van der Waals surface area contributed by atoms with Gasteiger partial charge in [0.2, 0.25) is 0 Å². The van der Waals surface area contributed by atoms with Crippen LogP contribution in [0.5, 0.6) is 11.5 Å². The van der Waals surface area contributed by atoms with Crippen LogP contribution in [0.25, 0.3) is 10.8 Å². The molecule has 1 amide bonds. The van der Waals surface area contributed by atoms with Gasteiger partial charge in [0.1, 0.15) is 16.3 Å². The van der Waals surface area contributed by atoms with Crippen molar-refractivity contribution < 1.29 is 27.6 Å².